The molecule has 0 atom stereocenters. The highest BCUT2D eigenvalue weighted by Gasteiger charge is 2.33. The van der Waals surface area contributed by atoms with Gasteiger partial charge in [0.15, 0.2) is 5.82 Å². The van der Waals surface area contributed by atoms with Crippen LogP contribution in [0, 0.1) is 5.92 Å². The van der Waals surface area contributed by atoms with Crippen LogP contribution in [0.15, 0.2) is 47.8 Å². The summed E-state index contributed by atoms with van der Waals surface area (Å²) >= 11 is 0. The van der Waals surface area contributed by atoms with Gasteiger partial charge in [0.25, 0.3) is 5.56 Å². The molecule has 0 N–H and O–H groups in total. The summed E-state index contributed by atoms with van der Waals surface area (Å²) in [5.74, 6) is 1.00. The van der Waals surface area contributed by atoms with Crippen LogP contribution in [0.1, 0.15) is 18.5 Å². The molecular formula is C18H18F3N7O. The molecule has 0 bridgehead atoms. The largest absolute Gasteiger partial charge is 0.433 e. The first-order valence-electron chi connectivity index (χ1n) is 9.12. The smallest absolute Gasteiger partial charge is 0.356 e. The second-order valence-electron chi connectivity index (χ2n) is 6.85. The van der Waals surface area contributed by atoms with Crippen molar-refractivity contribution in [3.8, 4) is 5.82 Å². The van der Waals surface area contributed by atoms with Crippen LogP contribution in [-0.4, -0.2) is 42.6 Å². The monoisotopic (exact) mass is 405 g/mol. The Morgan fingerprint density at radius 1 is 1.10 bits per heavy atom. The predicted octanol–water partition coefficient (Wildman–Crippen LogP) is 2.15. The van der Waals surface area contributed by atoms with Crippen LogP contribution < -0.4 is 10.5 Å². The number of alkyl halides is 3. The molecule has 1 aliphatic rings. The Morgan fingerprint density at radius 3 is 2.59 bits per heavy atom. The van der Waals surface area contributed by atoms with Crippen LogP contribution in [0.5, 0.6) is 0 Å². The van der Waals surface area contributed by atoms with Crippen molar-refractivity contribution in [2.75, 3.05) is 18.0 Å². The van der Waals surface area contributed by atoms with Crippen molar-refractivity contribution in [3.63, 3.8) is 0 Å². The molecular weight excluding hydrogens is 387 g/mol. The quantitative estimate of drug-likeness (QED) is 0.662. The Hall–Kier alpha value is -3.24. The topological polar surface area (TPSA) is 81.7 Å². The van der Waals surface area contributed by atoms with Crippen LogP contribution in [0.3, 0.4) is 0 Å². The average Bonchev–Trinajstić information content (AvgIpc) is 3.25. The third-order valence-corrected chi connectivity index (χ3v) is 4.90. The van der Waals surface area contributed by atoms with E-state index in [1.54, 1.807) is 29.2 Å². The lowest BCUT2D eigenvalue weighted by Crippen LogP contribution is -2.37. The lowest BCUT2D eigenvalue weighted by molar-refractivity contribution is -0.141. The Balaban J connectivity index is 1.42. The van der Waals surface area contributed by atoms with E-state index in [-0.39, 0.29) is 17.3 Å². The van der Waals surface area contributed by atoms with Crippen molar-refractivity contribution in [1.82, 2.24) is 29.5 Å². The SMILES string of the molecule is O=c1ccc(-n2cccn2)nn1CC1CCN(c2cc(C(F)(F)F)ncn2)CC1. The van der Waals surface area contributed by atoms with Crippen molar-refractivity contribution < 1.29 is 13.2 Å². The number of halogens is 3. The summed E-state index contributed by atoms with van der Waals surface area (Å²) in [5, 5.41) is 8.48. The Labute approximate surface area is 163 Å². The minimum absolute atomic E-state index is 0.188. The number of hydrogen-bond donors (Lipinski definition) is 0. The molecule has 0 aromatic carbocycles. The summed E-state index contributed by atoms with van der Waals surface area (Å²) in [5.41, 5.74) is -1.15. The summed E-state index contributed by atoms with van der Waals surface area (Å²) in [4.78, 5) is 21.3. The highest BCUT2D eigenvalue weighted by Crippen LogP contribution is 2.30. The fraction of sp³-hybridized carbons (Fsp3) is 0.389. The van der Waals surface area contributed by atoms with Gasteiger partial charge < -0.3 is 4.90 Å². The number of hydrogen-bond acceptors (Lipinski definition) is 6. The maximum absolute atomic E-state index is 12.9. The van der Waals surface area contributed by atoms with E-state index in [4.69, 9.17) is 0 Å². The predicted molar refractivity (Wildman–Crippen MR) is 97.6 cm³/mol. The van der Waals surface area contributed by atoms with Crippen LogP contribution in [0.2, 0.25) is 0 Å². The van der Waals surface area contributed by atoms with Crippen molar-refractivity contribution in [1.29, 1.82) is 0 Å². The second-order valence-corrected chi connectivity index (χ2v) is 6.85. The summed E-state index contributed by atoms with van der Waals surface area (Å²) in [6.07, 6.45) is 1.24. The molecule has 0 amide bonds. The average molecular weight is 405 g/mol. The fourth-order valence-corrected chi connectivity index (χ4v) is 3.36. The maximum Gasteiger partial charge on any atom is 0.433 e. The van der Waals surface area contributed by atoms with Crippen LogP contribution in [-0.2, 0) is 12.7 Å². The third-order valence-electron chi connectivity index (χ3n) is 4.90. The lowest BCUT2D eigenvalue weighted by Gasteiger charge is -2.32. The molecule has 1 saturated heterocycles. The van der Waals surface area contributed by atoms with E-state index in [0.29, 0.717) is 38.3 Å². The van der Waals surface area contributed by atoms with E-state index in [2.05, 4.69) is 20.2 Å². The Morgan fingerprint density at radius 2 is 1.90 bits per heavy atom. The molecule has 29 heavy (non-hydrogen) atoms. The number of aromatic nitrogens is 6. The minimum Gasteiger partial charge on any atom is -0.356 e. The van der Waals surface area contributed by atoms with Gasteiger partial charge >= 0.3 is 6.18 Å². The zero-order chi connectivity index (χ0) is 20.4. The van der Waals surface area contributed by atoms with E-state index in [1.165, 1.54) is 10.7 Å². The van der Waals surface area contributed by atoms with E-state index >= 15 is 0 Å². The van der Waals surface area contributed by atoms with E-state index < -0.39 is 11.9 Å². The molecule has 4 heterocycles. The summed E-state index contributed by atoms with van der Waals surface area (Å²) in [7, 11) is 0. The standard InChI is InChI=1S/C18H18F3N7O/c19-18(20,21)14-10-16(23-12-22-14)26-8-4-13(5-9-26)11-28-17(29)3-2-15(25-28)27-7-1-6-24-27/h1-3,6-7,10,12-13H,4-5,8-9,11H2. The first-order chi connectivity index (χ1) is 13.9. The molecule has 8 nitrogen and oxygen atoms in total. The first-order valence-corrected chi connectivity index (χ1v) is 9.12. The van der Waals surface area contributed by atoms with Crippen molar-refractivity contribution >= 4 is 5.82 Å². The van der Waals surface area contributed by atoms with Crippen LogP contribution in [0.4, 0.5) is 19.0 Å². The fourth-order valence-electron chi connectivity index (χ4n) is 3.36. The maximum atomic E-state index is 12.9. The molecule has 0 saturated carbocycles. The molecule has 0 spiro atoms. The van der Waals surface area contributed by atoms with Gasteiger partial charge in [-0.3, -0.25) is 4.79 Å². The normalized spacial score (nSPS) is 15.6. The van der Waals surface area contributed by atoms with E-state index in [1.807, 2.05) is 4.90 Å². The van der Waals surface area contributed by atoms with E-state index in [9.17, 15) is 18.0 Å². The van der Waals surface area contributed by atoms with Gasteiger partial charge in [-0.2, -0.15) is 18.3 Å². The summed E-state index contributed by atoms with van der Waals surface area (Å²) in [6, 6.07) is 5.81. The Kier molecular flexibility index (Phi) is 5.03. The van der Waals surface area contributed by atoms with Gasteiger partial charge in [0.1, 0.15) is 17.8 Å². The van der Waals surface area contributed by atoms with Gasteiger partial charge in [-0.1, -0.05) is 0 Å². The van der Waals surface area contributed by atoms with Gasteiger partial charge in [-0.15, -0.1) is 5.10 Å². The van der Waals surface area contributed by atoms with Gasteiger partial charge in [-0.25, -0.2) is 19.3 Å². The van der Waals surface area contributed by atoms with Crippen molar-refractivity contribution in [2.45, 2.75) is 25.6 Å². The number of rotatable bonds is 4. The van der Waals surface area contributed by atoms with Gasteiger partial charge in [0.2, 0.25) is 0 Å². The van der Waals surface area contributed by atoms with Gasteiger partial charge in [-0.05, 0) is 30.9 Å². The van der Waals surface area contributed by atoms with Gasteiger partial charge in [0, 0.05) is 44.2 Å². The third kappa shape index (κ3) is 4.28. The highest BCUT2D eigenvalue weighted by atomic mass is 19.4. The van der Waals surface area contributed by atoms with Crippen molar-refractivity contribution in [2.24, 2.45) is 5.92 Å². The van der Waals surface area contributed by atoms with Crippen LogP contribution in [0.25, 0.3) is 5.82 Å². The number of piperidine rings is 1. The first kappa shape index (κ1) is 19.1. The molecule has 1 aliphatic heterocycles. The number of anilines is 1. The van der Waals surface area contributed by atoms with Gasteiger partial charge in [0.05, 0.1) is 0 Å². The zero-order valence-electron chi connectivity index (χ0n) is 15.3. The molecule has 0 unspecified atom stereocenters. The molecule has 152 valence electrons. The number of nitrogens with zero attached hydrogens (tertiary/aromatic N) is 7. The molecule has 0 radical (unpaired) electrons. The van der Waals surface area contributed by atoms with Crippen LogP contribution >= 0.6 is 0 Å². The molecule has 3 aromatic heterocycles. The summed E-state index contributed by atoms with van der Waals surface area (Å²) < 4.78 is 41.6. The molecule has 4 rings (SSSR count). The lowest BCUT2D eigenvalue weighted by atomic mass is 9.97. The highest BCUT2D eigenvalue weighted by molar-refractivity contribution is 5.39. The molecule has 11 heteroatoms. The summed E-state index contributed by atoms with van der Waals surface area (Å²) in [6.45, 7) is 1.54. The molecule has 1 fully saturated rings. The molecule has 0 aliphatic carbocycles. The second kappa shape index (κ2) is 7.64. The Bertz CT molecular complexity index is 1020. The molecule has 3 aromatic rings. The van der Waals surface area contributed by atoms with E-state index in [0.717, 1.165) is 12.4 Å². The zero-order valence-corrected chi connectivity index (χ0v) is 15.3. The minimum atomic E-state index is -4.50. The van der Waals surface area contributed by atoms with Crippen molar-refractivity contribution in [3.05, 3.63) is 59.0 Å².